The summed E-state index contributed by atoms with van der Waals surface area (Å²) in [7, 11) is 0. The van der Waals surface area contributed by atoms with E-state index in [0.29, 0.717) is 41.1 Å². The van der Waals surface area contributed by atoms with Crippen LogP contribution in [0.3, 0.4) is 0 Å². The first-order chi connectivity index (χ1) is 18.9. The number of rotatable bonds is 9. The van der Waals surface area contributed by atoms with E-state index in [9.17, 15) is 4.79 Å². The van der Waals surface area contributed by atoms with E-state index in [1.54, 1.807) is 12.1 Å². The minimum absolute atomic E-state index is 0.0672. The first-order valence-electron chi connectivity index (χ1n) is 13.1. The minimum Gasteiger partial charge on any atom is -0.392 e. The zero-order valence-electron chi connectivity index (χ0n) is 21.9. The van der Waals surface area contributed by atoms with Gasteiger partial charge in [0.05, 0.1) is 29.8 Å². The number of nitrogens with zero attached hydrogens (tertiary/aromatic N) is 2. The van der Waals surface area contributed by atoms with Gasteiger partial charge in [-0.2, -0.15) is 0 Å². The van der Waals surface area contributed by atoms with Crippen LogP contribution in [-0.4, -0.2) is 42.2 Å². The molecule has 1 aliphatic heterocycles. The maximum atomic E-state index is 13.4. The van der Waals surface area contributed by atoms with E-state index in [2.05, 4.69) is 36.1 Å². The average molecular weight is 584 g/mol. The van der Waals surface area contributed by atoms with Crippen molar-refractivity contribution in [2.45, 2.75) is 31.7 Å². The Morgan fingerprint density at radius 1 is 0.949 bits per heavy atom. The monoisotopic (exact) mass is 582 g/mol. The van der Waals surface area contributed by atoms with E-state index in [1.807, 2.05) is 59.5 Å². The number of aliphatic hydroxyl groups excluding tert-OH is 1. The fourth-order valence-electron chi connectivity index (χ4n) is 4.85. The standard InChI is InChI=1S/C32H33Cl3N2O2/c1-23(6-4-2-3-5-19-38)25-9-7-24(8-10-25)20-32(39)36-17-18-37(30-16-15-28(34)21-29(30)35)31(22-36)26-11-13-27(33)14-12-26/h3-16,21,23,31,38H,2,17-20,22H2,1H3/b5-3-,6-4-. The van der Waals surface area contributed by atoms with E-state index in [-0.39, 0.29) is 24.5 Å². The molecule has 4 rings (SSSR count). The average Bonchev–Trinajstić information content (AvgIpc) is 2.93. The maximum absolute atomic E-state index is 13.4. The number of hydrogen-bond acceptors (Lipinski definition) is 3. The number of anilines is 1. The molecule has 1 N–H and O–H groups in total. The van der Waals surface area contributed by atoms with E-state index in [0.717, 1.165) is 23.2 Å². The van der Waals surface area contributed by atoms with Crippen LogP contribution in [0.1, 0.15) is 42.0 Å². The van der Waals surface area contributed by atoms with Crippen LogP contribution in [0.2, 0.25) is 15.1 Å². The van der Waals surface area contributed by atoms with Gasteiger partial charge in [-0.25, -0.2) is 0 Å². The summed E-state index contributed by atoms with van der Waals surface area (Å²) in [4.78, 5) is 17.6. The Kier molecular flexibility index (Phi) is 10.5. The van der Waals surface area contributed by atoms with Crippen LogP contribution in [-0.2, 0) is 11.2 Å². The molecule has 0 radical (unpaired) electrons. The summed E-state index contributed by atoms with van der Waals surface area (Å²) < 4.78 is 0. The van der Waals surface area contributed by atoms with Gasteiger partial charge in [0.15, 0.2) is 0 Å². The summed E-state index contributed by atoms with van der Waals surface area (Å²) in [6.45, 7) is 4.01. The second kappa shape index (κ2) is 14.0. The van der Waals surface area contributed by atoms with E-state index in [1.165, 1.54) is 5.56 Å². The van der Waals surface area contributed by atoms with E-state index < -0.39 is 0 Å². The number of halogens is 3. The van der Waals surface area contributed by atoms with Crippen LogP contribution in [0.4, 0.5) is 5.69 Å². The Morgan fingerprint density at radius 3 is 2.36 bits per heavy atom. The zero-order valence-corrected chi connectivity index (χ0v) is 24.2. The largest absolute Gasteiger partial charge is 0.392 e. The summed E-state index contributed by atoms with van der Waals surface area (Å²) in [5.41, 5.74) is 4.17. The number of piperazine rings is 1. The molecule has 3 aromatic rings. The Balaban J connectivity index is 1.45. The van der Waals surface area contributed by atoms with E-state index >= 15 is 0 Å². The van der Waals surface area contributed by atoms with Crippen LogP contribution in [0.25, 0.3) is 0 Å². The zero-order chi connectivity index (χ0) is 27.8. The van der Waals surface area contributed by atoms with Crippen molar-refractivity contribution >= 4 is 46.4 Å². The SMILES string of the molecule is CC(/C=C\C/C=C\CO)c1ccc(CC(=O)N2CCN(c3ccc(Cl)cc3Cl)C(c3ccc(Cl)cc3)C2)cc1. The third kappa shape index (κ3) is 7.89. The van der Waals surface area contributed by atoms with Gasteiger partial charge in [0.25, 0.3) is 0 Å². The Labute approximate surface area is 246 Å². The minimum atomic E-state index is -0.0686. The molecular weight excluding hydrogens is 551 g/mol. The highest BCUT2D eigenvalue weighted by Crippen LogP contribution is 2.37. The number of amides is 1. The van der Waals surface area contributed by atoms with E-state index in [4.69, 9.17) is 39.9 Å². The predicted octanol–water partition coefficient (Wildman–Crippen LogP) is 7.88. The van der Waals surface area contributed by atoms with Crippen molar-refractivity contribution in [3.63, 3.8) is 0 Å². The van der Waals surface area contributed by atoms with Crippen molar-refractivity contribution in [1.29, 1.82) is 0 Å². The first-order valence-corrected chi connectivity index (χ1v) is 14.3. The van der Waals surface area contributed by atoms with Gasteiger partial charge in [-0.1, -0.05) is 102 Å². The number of hydrogen-bond donors (Lipinski definition) is 1. The van der Waals surface area contributed by atoms with Crippen LogP contribution in [0.5, 0.6) is 0 Å². The molecule has 1 aliphatic rings. The first kappa shape index (κ1) is 29.2. The number of carbonyl (C=O) groups excluding carboxylic acids is 1. The molecule has 1 amide bonds. The molecule has 2 unspecified atom stereocenters. The highest BCUT2D eigenvalue weighted by atomic mass is 35.5. The van der Waals surface area contributed by atoms with Gasteiger partial charge in [0.1, 0.15) is 0 Å². The molecule has 3 aromatic carbocycles. The van der Waals surface area contributed by atoms with Crippen molar-refractivity contribution in [2.75, 3.05) is 31.1 Å². The molecule has 2 atom stereocenters. The van der Waals surface area contributed by atoms with Crippen molar-refractivity contribution < 1.29 is 9.90 Å². The van der Waals surface area contributed by atoms with Crippen LogP contribution >= 0.6 is 34.8 Å². The lowest BCUT2D eigenvalue weighted by molar-refractivity contribution is -0.131. The maximum Gasteiger partial charge on any atom is 0.227 e. The van der Waals surface area contributed by atoms with Gasteiger partial charge in [-0.3, -0.25) is 4.79 Å². The molecule has 1 saturated heterocycles. The number of allylic oxidation sites excluding steroid dienone is 3. The third-order valence-electron chi connectivity index (χ3n) is 7.04. The lowest BCUT2D eigenvalue weighted by Gasteiger charge is -2.43. The molecule has 0 bridgehead atoms. The quantitative estimate of drug-likeness (QED) is 0.261. The van der Waals surface area contributed by atoms with Crippen molar-refractivity contribution in [3.05, 3.63) is 123 Å². The Morgan fingerprint density at radius 2 is 1.67 bits per heavy atom. The summed E-state index contributed by atoms with van der Waals surface area (Å²) in [5, 5.41) is 10.7. The molecule has 4 nitrogen and oxygen atoms in total. The molecule has 7 heteroatoms. The van der Waals surface area contributed by atoms with Crippen molar-refractivity contribution in [2.24, 2.45) is 0 Å². The van der Waals surface area contributed by atoms with Gasteiger partial charge in [0.2, 0.25) is 5.91 Å². The second-order valence-electron chi connectivity index (χ2n) is 9.72. The number of aliphatic hydroxyl groups is 1. The van der Waals surface area contributed by atoms with Gasteiger partial charge in [-0.15, -0.1) is 0 Å². The number of benzene rings is 3. The van der Waals surface area contributed by atoms with Crippen LogP contribution in [0, 0.1) is 0 Å². The molecule has 0 aliphatic carbocycles. The smallest absolute Gasteiger partial charge is 0.227 e. The van der Waals surface area contributed by atoms with Crippen LogP contribution in [0.15, 0.2) is 91.0 Å². The van der Waals surface area contributed by atoms with Gasteiger partial charge >= 0.3 is 0 Å². The van der Waals surface area contributed by atoms with Gasteiger partial charge in [0, 0.05) is 29.7 Å². The molecule has 0 spiro atoms. The second-order valence-corrected chi connectivity index (χ2v) is 11.0. The fraction of sp³-hybridized carbons (Fsp3) is 0.281. The van der Waals surface area contributed by atoms with Crippen LogP contribution < -0.4 is 4.90 Å². The molecular formula is C32H33Cl3N2O2. The topological polar surface area (TPSA) is 43.8 Å². The Bertz CT molecular complexity index is 1310. The lowest BCUT2D eigenvalue weighted by Crippen LogP contribution is -2.51. The molecule has 204 valence electrons. The highest BCUT2D eigenvalue weighted by molar-refractivity contribution is 6.36. The molecule has 0 aromatic heterocycles. The predicted molar refractivity (Wildman–Crippen MR) is 163 cm³/mol. The van der Waals surface area contributed by atoms with Crippen molar-refractivity contribution in [1.82, 2.24) is 4.90 Å². The van der Waals surface area contributed by atoms with Gasteiger partial charge < -0.3 is 14.9 Å². The molecule has 1 heterocycles. The lowest BCUT2D eigenvalue weighted by atomic mass is 9.97. The van der Waals surface area contributed by atoms with Gasteiger partial charge in [-0.05, 0) is 59.4 Å². The Hall–Kier alpha value is -2.76. The summed E-state index contributed by atoms with van der Waals surface area (Å²) in [6.07, 6.45) is 9.09. The third-order valence-corrected chi connectivity index (χ3v) is 7.83. The van der Waals surface area contributed by atoms with Crippen molar-refractivity contribution in [3.8, 4) is 0 Å². The summed E-state index contributed by atoms with van der Waals surface area (Å²) >= 11 is 18.9. The molecule has 0 saturated carbocycles. The molecule has 1 fully saturated rings. The summed E-state index contributed by atoms with van der Waals surface area (Å²) in [6, 6.07) is 21.5. The normalized spacial score (nSPS) is 16.8. The fourth-order valence-corrected chi connectivity index (χ4v) is 5.49. The molecule has 39 heavy (non-hydrogen) atoms. The summed E-state index contributed by atoms with van der Waals surface area (Å²) in [5.74, 6) is 0.373. The highest BCUT2D eigenvalue weighted by Gasteiger charge is 2.32. The number of carbonyl (C=O) groups is 1.